The Bertz CT molecular complexity index is 586. The highest BCUT2D eigenvalue weighted by Gasteiger charge is 2.06. The zero-order valence-corrected chi connectivity index (χ0v) is 13.2. The van der Waals surface area contributed by atoms with Gasteiger partial charge in [-0.05, 0) is 35.4 Å². The van der Waals surface area contributed by atoms with Crippen LogP contribution in [0.15, 0.2) is 46.9 Å². The highest BCUT2D eigenvalue weighted by molar-refractivity contribution is 9.10. The van der Waals surface area contributed by atoms with Crippen molar-refractivity contribution in [2.75, 3.05) is 19.1 Å². The molecule has 4 heteroatoms. The van der Waals surface area contributed by atoms with E-state index in [9.17, 15) is 5.11 Å². The van der Waals surface area contributed by atoms with Crippen molar-refractivity contribution in [3.05, 3.63) is 58.1 Å². The first kappa shape index (κ1) is 14.9. The number of ether oxygens (including phenoxy) is 1. The average molecular weight is 336 g/mol. The standard InChI is InChI=1S/C16H18BrNO2/c1-18(10-12-4-3-5-15(8-12)20-2)14-7-6-13(11-19)16(17)9-14/h3-9,19H,10-11H2,1-2H3. The zero-order valence-electron chi connectivity index (χ0n) is 11.6. The smallest absolute Gasteiger partial charge is 0.119 e. The molecular formula is C16H18BrNO2. The van der Waals surface area contributed by atoms with Gasteiger partial charge in [-0.3, -0.25) is 0 Å². The van der Waals surface area contributed by atoms with Gasteiger partial charge in [0.2, 0.25) is 0 Å². The molecule has 20 heavy (non-hydrogen) atoms. The van der Waals surface area contributed by atoms with Crippen LogP contribution >= 0.6 is 15.9 Å². The minimum Gasteiger partial charge on any atom is -0.497 e. The molecule has 2 rings (SSSR count). The maximum Gasteiger partial charge on any atom is 0.119 e. The summed E-state index contributed by atoms with van der Waals surface area (Å²) in [6, 6.07) is 14.0. The number of anilines is 1. The molecule has 0 atom stereocenters. The minimum absolute atomic E-state index is 0.0421. The molecular weight excluding hydrogens is 318 g/mol. The highest BCUT2D eigenvalue weighted by atomic mass is 79.9. The summed E-state index contributed by atoms with van der Waals surface area (Å²) < 4.78 is 6.16. The van der Waals surface area contributed by atoms with Crippen molar-refractivity contribution in [2.45, 2.75) is 13.2 Å². The number of halogens is 1. The third kappa shape index (κ3) is 3.52. The van der Waals surface area contributed by atoms with Gasteiger partial charge in [-0.1, -0.05) is 34.1 Å². The third-order valence-corrected chi connectivity index (χ3v) is 3.94. The third-order valence-electron chi connectivity index (χ3n) is 3.20. The van der Waals surface area contributed by atoms with Crippen LogP contribution in [0.2, 0.25) is 0 Å². The van der Waals surface area contributed by atoms with E-state index in [0.29, 0.717) is 0 Å². The lowest BCUT2D eigenvalue weighted by Gasteiger charge is -2.20. The maximum atomic E-state index is 9.18. The second-order valence-corrected chi connectivity index (χ2v) is 5.50. The Kier molecular flexibility index (Phi) is 5.04. The Balaban J connectivity index is 2.14. The average Bonchev–Trinajstić information content (AvgIpc) is 2.47. The van der Waals surface area contributed by atoms with Crippen molar-refractivity contribution in [3.63, 3.8) is 0 Å². The molecule has 0 aromatic heterocycles. The molecule has 3 nitrogen and oxygen atoms in total. The lowest BCUT2D eigenvalue weighted by atomic mass is 10.1. The van der Waals surface area contributed by atoms with Crippen LogP contribution in [0.4, 0.5) is 5.69 Å². The summed E-state index contributed by atoms with van der Waals surface area (Å²) in [6.07, 6.45) is 0. The lowest BCUT2D eigenvalue weighted by Crippen LogP contribution is -2.16. The van der Waals surface area contributed by atoms with Gasteiger partial charge in [-0.2, -0.15) is 0 Å². The van der Waals surface area contributed by atoms with Crippen molar-refractivity contribution in [1.29, 1.82) is 0 Å². The molecule has 0 bridgehead atoms. The van der Waals surface area contributed by atoms with Crippen LogP contribution in [-0.2, 0) is 13.2 Å². The molecule has 0 saturated carbocycles. The molecule has 106 valence electrons. The molecule has 2 aromatic carbocycles. The van der Waals surface area contributed by atoms with E-state index in [1.807, 2.05) is 43.4 Å². The van der Waals surface area contributed by atoms with Crippen molar-refractivity contribution in [3.8, 4) is 5.75 Å². The molecule has 0 aliphatic heterocycles. The van der Waals surface area contributed by atoms with Gasteiger partial charge in [0.05, 0.1) is 13.7 Å². The van der Waals surface area contributed by atoms with Gasteiger partial charge in [-0.15, -0.1) is 0 Å². The van der Waals surface area contributed by atoms with Crippen molar-refractivity contribution in [2.24, 2.45) is 0 Å². The SMILES string of the molecule is COc1cccc(CN(C)c2ccc(CO)c(Br)c2)c1. The first-order valence-corrected chi connectivity index (χ1v) is 7.16. The second-order valence-electron chi connectivity index (χ2n) is 4.64. The maximum absolute atomic E-state index is 9.18. The summed E-state index contributed by atoms with van der Waals surface area (Å²) in [5.41, 5.74) is 3.18. The van der Waals surface area contributed by atoms with Crippen LogP contribution in [0.25, 0.3) is 0 Å². The number of rotatable bonds is 5. The van der Waals surface area contributed by atoms with Crippen LogP contribution in [0.5, 0.6) is 5.75 Å². The first-order valence-electron chi connectivity index (χ1n) is 6.37. The Hall–Kier alpha value is -1.52. The highest BCUT2D eigenvalue weighted by Crippen LogP contribution is 2.25. The summed E-state index contributed by atoms with van der Waals surface area (Å²) in [5, 5.41) is 9.18. The van der Waals surface area contributed by atoms with E-state index >= 15 is 0 Å². The number of hydrogen-bond acceptors (Lipinski definition) is 3. The molecule has 0 spiro atoms. The van der Waals surface area contributed by atoms with E-state index in [4.69, 9.17) is 4.74 Å². The Morgan fingerprint density at radius 1 is 1.20 bits per heavy atom. The van der Waals surface area contributed by atoms with E-state index in [1.165, 1.54) is 5.56 Å². The molecule has 0 saturated heterocycles. The van der Waals surface area contributed by atoms with Gasteiger partial charge >= 0.3 is 0 Å². The fraction of sp³-hybridized carbons (Fsp3) is 0.250. The summed E-state index contributed by atoms with van der Waals surface area (Å²) in [5.74, 6) is 0.868. The van der Waals surface area contributed by atoms with Crippen LogP contribution < -0.4 is 9.64 Å². The predicted molar refractivity (Wildman–Crippen MR) is 85.2 cm³/mol. The first-order chi connectivity index (χ1) is 9.63. The van der Waals surface area contributed by atoms with Crippen LogP contribution in [0.3, 0.4) is 0 Å². The van der Waals surface area contributed by atoms with Crippen molar-refractivity contribution < 1.29 is 9.84 Å². The molecule has 0 unspecified atom stereocenters. The largest absolute Gasteiger partial charge is 0.497 e. The molecule has 1 N–H and O–H groups in total. The number of hydrogen-bond donors (Lipinski definition) is 1. The van der Waals surface area contributed by atoms with Crippen LogP contribution in [0.1, 0.15) is 11.1 Å². The Morgan fingerprint density at radius 2 is 2.00 bits per heavy atom. The van der Waals surface area contributed by atoms with Crippen molar-refractivity contribution >= 4 is 21.6 Å². The molecule has 0 amide bonds. The van der Waals surface area contributed by atoms with Gasteiger partial charge in [-0.25, -0.2) is 0 Å². The fourth-order valence-electron chi connectivity index (χ4n) is 2.04. The predicted octanol–water partition coefficient (Wildman–Crippen LogP) is 3.59. The van der Waals surface area contributed by atoms with Crippen LogP contribution in [0, 0.1) is 0 Å². The summed E-state index contributed by atoms with van der Waals surface area (Å²) in [6.45, 7) is 0.836. The van der Waals surface area contributed by atoms with Gasteiger partial charge in [0.15, 0.2) is 0 Å². The van der Waals surface area contributed by atoms with Crippen molar-refractivity contribution in [1.82, 2.24) is 0 Å². The van der Waals surface area contributed by atoms with Gasteiger partial charge in [0, 0.05) is 23.8 Å². The number of aliphatic hydroxyl groups excluding tert-OH is 1. The van der Waals surface area contributed by atoms with Gasteiger partial charge < -0.3 is 14.7 Å². The summed E-state index contributed by atoms with van der Waals surface area (Å²) in [7, 11) is 3.72. The summed E-state index contributed by atoms with van der Waals surface area (Å²) >= 11 is 3.48. The lowest BCUT2D eigenvalue weighted by molar-refractivity contribution is 0.281. The Morgan fingerprint density at radius 3 is 2.65 bits per heavy atom. The fourth-order valence-corrected chi connectivity index (χ4v) is 2.53. The van der Waals surface area contributed by atoms with Crippen LogP contribution in [-0.4, -0.2) is 19.3 Å². The molecule has 0 fully saturated rings. The second kappa shape index (κ2) is 6.77. The topological polar surface area (TPSA) is 32.7 Å². The molecule has 0 aliphatic carbocycles. The molecule has 2 aromatic rings. The van der Waals surface area contributed by atoms with E-state index in [1.54, 1.807) is 7.11 Å². The van der Waals surface area contributed by atoms with Gasteiger partial charge in [0.1, 0.15) is 5.75 Å². The summed E-state index contributed by atoms with van der Waals surface area (Å²) in [4.78, 5) is 2.15. The number of methoxy groups -OCH3 is 1. The van der Waals surface area contributed by atoms with E-state index < -0.39 is 0 Å². The van der Waals surface area contributed by atoms with Gasteiger partial charge in [0.25, 0.3) is 0 Å². The quantitative estimate of drug-likeness (QED) is 0.906. The normalized spacial score (nSPS) is 10.4. The zero-order chi connectivity index (χ0) is 14.5. The molecule has 0 heterocycles. The van der Waals surface area contributed by atoms with E-state index in [2.05, 4.69) is 26.9 Å². The van der Waals surface area contributed by atoms with E-state index in [0.717, 1.165) is 28.0 Å². The van der Waals surface area contributed by atoms with E-state index in [-0.39, 0.29) is 6.61 Å². The molecule has 0 aliphatic rings. The minimum atomic E-state index is 0.0421. The Labute approximate surface area is 127 Å². The molecule has 0 radical (unpaired) electrons. The monoisotopic (exact) mass is 335 g/mol. The number of benzene rings is 2. The number of aliphatic hydroxyl groups is 1. The number of nitrogens with zero attached hydrogens (tertiary/aromatic N) is 1.